The molecule has 3 nitrogen and oxygen atoms in total. The summed E-state index contributed by atoms with van der Waals surface area (Å²) in [5.41, 5.74) is 7.48. The van der Waals surface area contributed by atoms with Crippen molar-refractivity contribution < 1.29 is 4.79 Å². The fourth-order valence-corrected chi connectivity index (χ4v) is 5.18. The number of hydrogen-bond acceptors (Lipinski definition) is 3. The minimum Gasteiger partial charge on any atom is -0.301 e. The summed E-state index contributed by atoms with van der Waals surface area (Å²) in [5, 5.41) is 5.56. The molecule has 1 N–H and O–H groups in total. The van der Waals surface area contributed by atoms with Crippen molar-refractivity contribution in [1.29, 1.82) is 0 Å². The minimum absolute atomic E-state index is 0.0113. The topological polar surface area (TPSA) is 42.0 Å². The molecule has 1 heterocycles. The van der Waals surface area contributed by atoms with Crippen LogP contribution in [-0.4, -0.2) is 19.0 Å². The van der Waals surface area contributed by atoms with E-state index in [1.54, 1.807) is 6.20 Å². The van der Waals surface area contributed by atoms with E-state index in [4.69, 9.17) is 0 Å². The summed E-state index contributed by atoms with van der Waals surface area (Å²) in [5.74, 6) is 3.37. The average Bonchev–Trinajstić information content (AvgIpc) is 3.31. The first-order chi connectivity index (χ1) is 14.3. The van der Waals surface area contributed by atoms with Crippen molar-refractivity contribution in [2.45, 2.75) is 38.9 Å². The number of nitrogens with zero attached hydrogens (tertiary/aromatic N) is 1. The SMILES string of the molecule is C[C@]1(C(=O)Nc2nccs2)Cc2ccc(C#C[Si](C)(C)C)cc2[C@H]1c1ccccc1. The molecule has 0 spiro atoms. The van der Waals surface area contributed by atoms with Gasteiger partial charge in [-0.05, 0) is 42.2 Å². The van der Waals surface area contributed by atoms with Crippen molar-refractivity contribution in [2.24, 2.45) is 5.41 Å². The van der Waals surface area contributed by atoms with Gasteiger partial charge in [-0.25, -0.2) is 4.98 Å². The second-order valence-corrected chi connectivity index (χ2v) is 14.8. The van der Waals surface area contributed by atoms with Gasteiger partial charge in [0, 0.05) is 23.1 Å². The van der Waals surface area contributed by atoms with Crippen molar-refractivity contribution in [3.63, 3.8) is 0 Å². The number of nitrogens with one attached hydrogen (secondary N) is 1. The van der Waals surface area contributed by atoms with Crippen molar-refractivity contribution in [2.75, 3.05) is 5.32 Å². The Kier molecular flexibility index (Phi) is 5.39. The summed E-state index contributed by atoms with van der Waals surface area (Å²) < 4.78 is 0. The number of thiazole rings is 1. The lowest BCUT2D eigenvalue weighted by molar-refractivity contribution is -0.125. The van der Waals surface area contributed by atoms with Crippen molar-refractivity contribution in [3.8, 4) is 11.5 Å². The molecule has 30 heavy (non-hydrogen) atoms. The first-order valence-corrected chi connectivity index (χ1v) is 14.6. The van der Waals surface area contributed by atoms with Crippen LogP contribution < -0.4 is 5.32 Å². The number of anilines is 1. The zero-order chi connectivity index (χ0) is 21.4. The lowest BCUT2D eigenvalue weighted by Crippen LogP contribution is -2.37. The van der Waals surface area contributed by atoms with Crippen LogP contribution in [0.4, 0.5) is 5.13 Å². The van der Waals surface area contributed by atoms with E-state index in [0.717, 1.165) is 11.1 Å². The summed E-state index contributed by atoms with van der Waals surface area (Å²) in [6.07, 6.45) is 2.41. The van der Waals surface area contributed by atoms with E-state index in [0.29, 0.717) is 11.6 Å². The predicted octanol–water partition coefficient (Wildman–Crippen LogP) is 5.71. The van der Waals surface area contributed by atoms with Gasteiger partial charge in [0.25, 0.3) is 0 Å². The van der Waals surface area contributed by atoms with Crippen LogP contribution in [0.25, 0.3) is 0 Å². The van der Waals surface area contributed by atoms with Crippen molar-refractivity contribution >= 4 is 30.4 Å². The lowest BCUT2D eigenvalue weighted by Gasteiger charge is -2.31. The molecule has 4 rings (SSSR count). The number of carbonyl (C=O) groups is 1. The second-order valence-electron chi connectivity index (χ2n) is 9.14. The average molecular weight is 431 g/mol. The lowest BCUT2D eigenvalue weighted by atomic mass is 9.73. The minimum atomic E-state index is -1.46. The van der Waals surface area contributed by atoms with Crippen molar-refractivity contribution in [3.05, 3.63) is 82.4 Å². The Morgan fingerprint density at radius 1 is 1.20 bits per heavy atom. The maximum Gasteiger partial charge on any atom is 0.233 e. The molecular formula is C25H26N2OSSi. The van der Waals surface area contributed by atoms with E-state index in [2.05, 4.69) is 78.7 Å². The predicted molar refractivity (Wildman–Crippen MR) is 128 cm³/mol. The third-order valence-electron chi connectivity index (χ3n) is 5.54. The zero-order valence-corrected chi connectivity index (χ0v) is 19.6. The van der Waals surface area contributed by atoms with Crippen LogP contribution in [0.5, 0.6) is 0 Å². The van der Waals surface area contributed by atoms with E-state index in [1.165, 1.54) is 22.5 Å². The van der Waals surface area contributed by atoms with Crippen LogP contribution in [-0.2, 0) is 11.2 Å². The van der Waals surface area contributed by atoms with Gasteiger partial charge in [0.15, 0.2) is 5.13 Å². The first kappa shape index (κ1) is 20.6. The van der Waals surface area contributed by atoms with Crippen LogP contribution >= 0.6 is 11.3 Å². The molecule has 1 aromatic heterocycles. The molecular weight excluding hydrogens is 404 g/mol. The number of fused-ring (bicyclic) bond motifs is 1. The quantitative estimate of drug-likeness (QED) is 0.427. The summed E-state index contributed by atoms with van der Waals surface area (Å²) in [4.78, 5) is 17.7. The first-order valence-electron chi connectivity index (χ1n) is 10.2. The maximum absolute atomic E-state index is 13.5. The number of rotatable bonds is 3. The highest BCUT2D eigenvalue weighted by atomic mass is 32.1. The molecule has 2 aromatic carbocycles. The molecule has 3 aromatic rings. The number of amides is 1. The Bertz CT molecular complexity index is 1120. The van der Waals surface area contributed by atoms with Gasteiger partial charge in [-0.15, -0.1) is 16.9 Å². The highest BCUT2D eigenvalue weighted by molar-refractivity contribution is 7.13. The molecule has 1 amide bonds. The third kappa shape index (κ3) is 4.11. The number of carbonyl (C=O) groups excluding carboxylic acids is 1. The second kappa shape index (κ2) is 7.86. The molecule has 0 radical (unpaired) electrons. The van der Waals surface area contributed by atoms with Gasteiger partial charge < -0.3 is 5.32 Å². The van der Waals surface area contributed by atoms with E-state index < -0.39 is 13.5 Å². The van der Waals surface area contributed by atoms with Gasteiger partial charge in [0.2, 0.25) is 5.91 Å². The summed E-state index contributed by atoms with van der Waals surface area (Å²) in [7, 11) is -1.46. The Balaban J connectivity index is 1.78. The molecule has 1 aliphatic rings. The smallest absolute Gasteiger partial charge is 0.233 e. The van der Waals surface area contributed by atoms with Crippen molar-refractivity contribution in [1.82, 2.24) is 4.98 Å². The van der Waals surface area contributed by atoms with Gasteiger partial charge in [-0.2, -0.15) is 0 Å². The maximum atomic E-state index is 13.5. The van der Waals surface area contributed by atoms with Crippen LogP contribution in [0.15, 0.2) is 60.1 Å². The van der Waals surface area contributed by atoms with E-state index in [1.807, 2.05) is 23.6 Å². The van der Waals surface area contributed by atoms with E-state index >= 15 is 0 Å². The van der Waals surface area contributed by atoms with Gasteiger partial charge >= 0.3 is 0 Å². The highest BCUT2D eigenvalue weighted by Gasteiger charge is 2.48. The number of hydrogen-bond donors (Lipinski definition) is 1. The van der Waals surface area contributed by atoms with Gasteiger partial charge in [-0.1, -0.05) is 62.0 Å². The van der Waals surface area contributed by atoms with Crippen LogP contribution in [0, 0.1) is 16.9 Å². The Hall–Kier alpha value is -2.68. The molecule has 0 aliphatic heterocycles. The summed E-state index contributed by atoms with van der Waals surface area (Å²) in [6, 6.07) is 16.8. The molecule has 1 aliphatic carbocycles. The highest BCUT2D eigenvalue weighted by Crippen LogP contribution is 2.51. The molecule has 0 unspecified atom stereocenters. The molecule has 152 valence electrons. The van der Waals surface area contributed by atoms with Gasteiger partial charge in [0.1, 0.15) is 8.07 Å². The molecule has 0 saturated heterocycles. The third-order valence-corrected chi connectivity index (χ3v) is 7.10. The fourth-order valence-electron chi connectivity index (χ4n) is 4.13. The Morgan fingerprint density at radius 2 is 1.97 bits per heavy atom. The Morgan fingerprint density at radius 3 is 2.63 bits per heavy atom. The van der Waals surface area contributed by atoms with Gasteiger partial charge in [-0.3, -0.25) is 4.79 Å². The molecule has 5 heteroatoms. The van der Waals surface area contributed by atoms with Crippen LogP contribution in [0.2, 0.25) is 19.6 Å². The Labute approximate surface area is 183 Å². The van der Waals surface area contributed by atoms with Gasteiger partial charge in [0.05, 0.1) is 5.41 Å². The number of benzene rings is 2. The standard InChI is InChI=1S/C25H26N2OSSi/c1-25(23(28)27-24-26-13-14-29-24)17-20-11-10-18(12-15-30(2,3)4)16-21(20)22(25)19-8-6-5-7-9-19/h5-11,13-14,16,22H,17H2,1-4H3,(H,26,27,28)/t22-,25+/m1/s1. The summed E-state index contributed by atoms with van der Waals surface area (Å²) >= 11 is 1.44. The number of aromatic nitrogens is 1. The summed E-state index contributed by atoms with van der Waals surface area (Å²) in [6.45, 7) is 8.82. The van der Waals surface area contributed by atoms with Crippen LogP contribution in [0.1, 0.15) is 35.1 Å². The van der Waals surface area contributed by atoms with E-state index in [-0.39, 0.29) is 11.8 Å². The largest absolute Gasteiger partial charge is 0.301 e. The van der Waals surface area contributed by atoms with Crippen LogP contribution in [0.3, 0.4) is 0 Å². The molecule has 0 saturated carbocycles. The normalized spacial score (nSPS) is 20.2. The molecule has 0 fully saturated rings. The monoisotopic (exact) mass is 430 g/mol. The molecule has 0 bridgehead atoms. The fraction of sp³-hybridized carbons (Fsp3) is 0.280. The zero-order valence-electron chi connectivity index (χ0n) is 17.8. The molecule has 2 atom stereocenters. The van der Waals surface area contributed by atoms with E-state index in [9.17, 15) is 4.79 Å².